The molecule has 1 aromatic carbocycles. The Kier molecular flexibility index (Phi) is 4.44. The van der Waals surface area contributed by atoms with Crippen LogP contribution in [0.4, 0.5) is 5.69 Å². The molecule has 1 N–H and O–H groups in total. The van der Waals surface area contributed by atoms with Gasteiger partial charge in [-0.3, -0.25) is 14.9 Å². The molecule has 1 heterocycles. The number of nitro groups is 1. The third-order valence-corrected chi connectivity index (χ3v) is 2.99. The van der Waals surface area contributed by atoms with Crippen LogP contribution in [0, 0.1) is 17.0 Å². The van der Waals surface area contributed by atoms with E-state index in [4.69, 9.17) is 11.6 Å². The van der Waals surface area contributed by atoms with Crippen LogP contribution < -0.4 is 5.32 Å². The number of nitro benzene ring substituents is 1. The first-order valence-electron chi connectivity index (χ1n) is 5.98. The molecule has 1 amide bonds. The molecule has 0 bridgehead atoms. The molecule has 0 fully saturated rings. The zero-order valence-electron chi connectivity index (χ0n) is 11.0. The van der Waals surface area contributed by atoms with Crippen LogP contribution in [-0.2, 0) is 6.54 Å². The fourth-order valence-electron chi connectivity index (χ4n) is 1.67. The second-order valence-electron chi connectivity index (χ2n) is 4.20. The van der Waals surface area contributed by atoms with E-state index in [1.165, 1.54) is 12.1 Å². The van der Waals surface area contributed by atoms with Gasteiger partial charge in [0.2, 0.25) is 0 Å². The predicted molar refractivity (Wildman–Crippen MR) is 76.0 cm³/mol. The predicted octanol–water partition coefficient (Wildman–Crippen LogP) is 2.28. The molecular formula is C13H11ClN4O3. The van der Waals surface area contributed by atoms with Crippen LogP contribution in [-0.4, -0.2) is 20.8 Å². The van der Waals surface area contributed by atoms with Crippen LogP contribution in [0.15, 0.2) is 30.5 Å². The lowest BCUT2D eigenvalue weighted by Gasteiger charge is -2.05. The highest BCUT2D eigenvalue weighted by atomic mass is 35.5. The van der Waals surface area contributed by atoms with E-state index in [1.54, 1.807) is 19.2 Å². The van der Waals surface area contributed by atoms with Gasteiger partial charge in [-0.25, -0.2) is 9.97 Å². The van der Waals surface area contributed by atoms with Gasteiger partial charge in [-0.1, -0.05) is 11.6 Å². The number of nitrogens with zero attached hydrogens (tertiary/aromatic N) is 3. The number of aromatic nitrogens is 2. The summed E-state index contributed by atoms with van der Waals surface area (Å²) in [7, 11) is 0. The fraction of sp³-hybridized carbons (Fsp3) is 0.154. The molecule has 0 atom stereocenters. The second kappa shape index (κ2) is 6.27. The van der Waals surface area contributed by atoms with E-state index < -0.39 is 10.8 Å². The molecule has 0 aliphatic rings. The molecule has 0 saturated heterocycles. The third-order valence-electron chi connectivity index (χ3n) is 2.67. The Hall–Kier alpha value is -2.54. The number of halogens is 1. The summed E-state index contributed by atoms with van der Waals surface area (Å²) in [6, 6.07) is 5.57. The van der Waals surface area contributed by atoms with Gasteiger partial charge in [0.05, 0.1) is 17.2 Å². The molecule has 0 radical (unpaired) electrons. The summed E-state index contributed by atoms with van der Waals surface area (Å²) in [6.07, 6.45) is 1.59. The Labute approximate surface area is 125 Å². The Bertz CT molecular complexity index is 706. The van der Waals surface area contributed by atoms with Gasteiger partial charge in [0.25, 0.3) is 11.6 Å². The van der Waals surface area contributed by atoms with Crippen LogP contribution >= 0.6 is 11.6 Å². The molecule has 0 aliphatic carbocycles. The van der Waals surface area contributed by atoms with E-state index in [1.807, 2.05) is 0 Å². The molecule has 2 rings (SSSR count). The highest BCUT2D eigenvalue weighted by Gasteiger charge is 2.16. The molecule has 0 aliphatic heterocycles. The van der Waals surface area contributed by atoms with Crippen molar-refractivity contribution in [3.8, 4) is 0 Å². The van der Waals surface area contributed by atoms with Crippen molar-refractivity contribution >= 4 is 23.2 Å². The fourth-order valence-corrected chi connectivity index (χ4v) is 1.86. The Morgan fingerprint density at radius 1 is 1.43 bits per heavy atom. The number of carbonyl (C=O) groups excluding carboxylic acids is 1. The van der Waals surface area contributed by atoms with E-state index in [2.05, 4.69) is 15.3 Å². The van der Waals surface area contributed by atoms with E-state index in [0.29, 0.717) is 11.5 Å². The zero-order chi connectivity index (χ0) is 15.4. The number of aryl methyl sites for hydroxylation is 1. The SMILES string of the molecule is Cc1nccc(CNC(=O)c2ccc(Cl)c([N+](=O)[O-])c2)n1. The standard InChI is InChI=1S/C13H11ClN4O3/c1-8-15-5-4-10(17-8)7-16-13(19)9-2-3-11(14)12(6-9)18(20)21/h2-6H,7H2,1H3,(H,16,19). The molecular weight excluding hydrogens is 296 g/mol. The number of carbonyl (C=O) groups is 1. The summed E-state index contributed by atoms with van der Waals surface area (Å²) in [5.41, 5.74) is 0.512. The van der Waals surface area contributed by atoms with Gasteiger partial charge in [0, 0.05) is 17.8 Å². The van der Waals surface area contributed by atoms with Gasteiger partial charge in [-0.2, -0.15) is 0 Å². The average Bonchev–Trinajstić information content (AvgIpc) is 2.45. The summed E-state index contributed by atoms with van der Waals surface area (Å²) < 4.78 is 0. The van der Waals surface area contributed by atoms with Gasteiger partial charge in [-0.05, 0) is 25.1 Å². The van der Waals surface area contributed by atoms with Crippen LogP contribution in [0.3, 0.4) is 0 Å². The molecule has 0 spiro atoms. The van der Waals surface area contributed by atoms with E-state index in [9.17, 15) is 14.9 Å². The van der Waals surface area contributed by atoms with Gasteiger partial charge >= 0.3 is 0 Å². The third kappa shape index (κ3) is 3.73. The summed E-state index contributed by atoms with van der Waals surface area (Å²) >= 11 is 5.70. The van der Waals surface area contributed by atoms with Crippen molar-refractivity contribution in [2.75, 3.05) is 0 Å². The average molecular weight is 307 g/mol. The number of rotatable bonds is 4. The lowest BCUT2D eigenvalue weighted by Crippen LogP contribution is -2.23. The molecule has 0 saturated carbocycles. The monoisotopic (exact) mass is 306 g/mol. The minimum Gasteiger partial charge on any atom is -0.346 e. The maximum absolute atomic E-state index is 12.0. The highest BCUT2D eigenvalue weighted by molar-refractivity contribution is 6.32. The smallest absolute Gasteiger partial charge is 0.288 e. The van der Waals surface area contributed by atoms with Gasteiger partial charge in [0.1, 0.15) is 10.8 Å². The van der Waals surface area contributed by atoms with Gasteiger partial charge < -0.3 is 5.32 Å². The van der Waals surface area contributed by atoms with Crippen LogP contribution in [0.2, 0.25) is 5.02 Å². The zero-order valence-corrected chi connectivity index (χ0v) is 11.8. The first kappa shape index (κ1) is 14.9. The summed E-state index contributed by atoms with van der Waals surface area (Å²) in [5, 5.41) is 13.4. The van der Waals surface area contributed by atoms with Crippen LogP contribution in [0.5, 0.6) is 0 Å². The quantitative estimate of drug-likeness (QED) is 0.690. The molecule has 21 heavy (non-hydrogen) atoms. The molecule has 7 nitrogen and oxygen atoms in total. The van der Waals surface area contributed by atoms with Gasteiger partial charge in [-0.15, -0.1) is 0 Å². The van der Waals surface area contributed by atoms with Crippen LogP contribution in [0.25, 0.3) is 0 Å². The Morgan fingerprint density at radius 3 is 2.86 bits per heavy atom. The van der Waals surface area contributed by atoms with Crippen molar-refractivity contribution < 1.29 is 9.72 Å². The molecule has 0 unspecified atom stereocenters. The summed E-state index contributed by atoms with van der Waals surface area (Å²) in [5.74, 6) is 0.162. The largest absolute Gasteiger partial charge is 0.346 e. The molecule has 1 aromatic heterocycles. The molecule has 8 heteroatoms. The normalized spacial score (nSPS) is 10.2. The summed E-state index contributed by atoms with van der Waals surface area (Å²) in [4.78, 5) is 30.2. The van der Waals surface area contributed by atoms with Gasteiger partial charge in [0.15, 0.2) is 0 Å². The first-order valence-corrected chi connectivity index (χ1v) is 6.36. The van der Waals surface area contributed by atoms with Crippen LogP contribution in [0.1, 0.15) is 21.9 Å². The van der Waals surface area contributed by atoms with Crippen molar-refractivity contribution in [1.29, 1.82) is 0 Å². The van der Waals surface area contributed by atoms with Crippen molar-refractivity contribution in [3.05, 3.63) is 62.7 Å². The summed E-state index contributed by atoms with van der Waals surface area (Å²) in [6.45, 7) is 1.95. The number of hydrogen-bond acceptors (Lipinski definition) is 5. The Morgan fingerprint density at radius 2 is 2.19 bits per heavy atom. The molecule has 108 valence electrons. The lowest BCUT2D eigenvalue weighted by atomic mass is 10.2. The minimum absolute atomic E-state index is 0.0111. The second-order valence-corrected chi connectivity index (χ2v) is 4.61. The lowest BCUT2D eigenvalue weighted by molar-refractivity contribution is -0.384. The number of amides is 1. The van der Waals surface area contributed by atoms with Crippen molar-refractivity contribution in [2.45, 2.75) is 13.5 Å². The highest BCUT2D eigenvalue weighted by Crippen LogP contribution is 2.24. The topological polar surface area (TPSA) is 98.0 Å². The van der Waals surface area contributed by atoms with E-state index in [0.717, 1.165) is 6.07 Å². The maximum Gasteiger partial charge on any atom is 0.288 e. The number of nitrogens with one attached hydrogen (secondary N) is 1. The number of benzene rings is 1. The first-order chi connectivity index (χ1) is 9.97. The van der Waals surface area contributed by atoms with E-state index in [-0.39, 0.29) is 22.8 Å². The Balaban J connectivity index is 2.10. The number of hydrogen-bond donors (Lipinski definition) is 1. The van der Waals surface area contributed by atoms with E-state index >= 15 is 0 Å². The van der Waals surface area contributed by atoms with Crippen molar-refractivity contribution in [2.24, 2.45) is 0 Å². The maximum atomic E-state index is 12.0. The molecule has 2 aromatic rings. The van der Waals surface area contributed by atoms with Crippen molar-refractivity contribution in [1.82, 2.24) is 15.3 Å². The van der Waals surface area contributed by atoms with Crippen molar-refractivity contribution in [3.63, 3.8) is 0 Å². The minimum atomic E-state index is -0.632.